The van der Waals surface area contributed by atoms with Crippen LogP contribution in [0.2, 0.25) is 0 Å². The maximum Gasteiger partial charge on any atom is 0.243 e. The van der Waals surface area contributed by atoms with E-state index in [-0.39, 0.29) is 22.6 Å². The van der Waals surface area contributed by atoms with Gasteiger partial charge in [-0.2, -0.15) is 5.10 Å². The standard InChI is InChI=1S/C24H28F2N6O2/c1-12(32-4-6-34-7-5-32)23(33)31(3)17-9-15-21(19(26)18(17)25)28-22(27-15)20-14-8-13-10-24(13,2)11-16(14)29-30-20/h9,12-13H,4-8,10-11H2,1-3H3,(H,27,28)(H,29,30)/t12?,13-,24-/m1/s1. The van der Waals surface area contributed by atoms with Gasteiger partial charge in [-0.05, 0) is 43.6 Å². The Hall–Kier alpha value is -2.85. The van der Waals surface area contributed by atoms with Gasteiger partial charge in [0.05, 0.1) is 30.5 Å². The van der Waals surface area contributed by atoms with Crippen molar-refractivity contribution in [3.8, 4) is 11.5 Å². The zero-order valence-electron chi connectivity index (χ0n) is 19.5. The molecule has 180 valence electrons. The van der Waals surface area contributed by atoms with Gasteiger partial charge in [0.2, 0.25) is 5.91 Å². The molecule has 3 aliphatic rings. The molecule has 2 aliphatic carbocycles. The van der Waals surface area contributed by atoms with Gasteiger partial charge >= 0.3 is 0 Å². The first-order valence-corrected chi connectivity index (χ1v) is 11.8. The molecule has 1 saturated heterocycles. The second-order valence-electron chi connectivity index (χ2n) is 10.2. The van der Waals surface area contributed by atoms with Crippen molar-refractivity contribution in [3.63, 3.8) is 0 Å². The molecule has 3 atom stereocenters. The minimum atomic E-state index is -1.08. The summed E-state index contributed by atoms with van der Waals surface area (Å²) < 4.78 is 35.6. The summed E-state index contributed by atoms with van der Waals surface area (Å²) in [5.74, 6) is -1.41. The number of imidazole rings is 1. The Labute approximate surface area is 195 Å². The fourth-order valence-electron chi connectivity index (χ4n) is 5.60. The van der Waals surface area contributed by atoms with Gasteiger partial charge < -0.3 is 14.6 Å². The molecule has 10 heteroatoms. The molecule has 0 spiro atoms. The van der Waals surface area contributed by atoms with Crippen molar-refractivity contribution in [1.29, 1.82) is 0 Å². The van der Waals surface area contributed by atoms with Crippen LogP contribution in [0.25, 0.3) is 22.6 Å². The SMILES string of the molecule is CC(C(=O)N(C)c1cc2nc(-c3n[nH]c4c3C[C@@H]3C[C@]3(C)C4)[nH]c2c(F)c1F)N1CCOCC1. The van der Waals surface area contributed by atoms with Gasteiger partial charge in [0.25, 0.3) is 0 Å². The van der Waals surface area contributed by atoms with Crippen LogP contribution in [0.15, 0.2) is 6.07 Å². The van der Waals surface area contributed by atoms with Crippen molar-refractivity contribution in [3.05, 3.63) is 29.0 Å². The molecule has 2 aromatic heterocycles. The van der Waals surface area contributed by atoms with E-state index in [0.29, 0.717) is 49.2 Å². The number of carbonyl (C=O) groups is 1. The molecule has 0 radical (unpaired) electrons. The minimum absolute atomic E-state index is 0.0258. The highest BCUT2D eigenvalue weighted by Crippen LogP contribution is 2.59. The summed E-state index contributed by atoms with van der Waals surface area (Å²) in [7, 11) is 1.47. The molecule has 1 aromatic carbocycles. The molecule has 1 saturated carbocycles. The van der Waals surface area contributed by atoms with Gasteiger partial charge in [-0.1, -0.05) is 6.92 Å². The molecule has 3 aromatic rings. The predicted molar refractivity (Wildman–Crippen MR) is 122 cm³/mol. The number of amides is 1. The lowest BCUT2D eigenvalue weighted by atomic mass is 9.88. The molecule has 6 rings (SSSR count). The lowest BCUT2D eigenvalue weighted by Gasteiger charge is -2.33. The third kappa shape index (κ3) is 3.26. The van der Waals surface area contributed by atoms with Gasteiger partial charge in [0, 0.05) is 31.4 Å². The second-order valence-corrected chi connectivity index (χ2v) is 10.2. The number of hydrogen-bond donors (Lipinski definition) is 2. The summed E-state index contributed by atoms with van der Waals surface area (Å²) >= 11 is 0. The van der Waals surface area contributed by atoms with E-state index >= 15 is 8.78 Å². The predicted octanol–water partition coefficient (Wildman–Crippen LogP) is 3.04. The normalized spacial score (nSPS) is 25.1. The van der Waals surface area contributed by atoms with Crippen molar-refractivity contribution in [2.45, 2.75) is 39.2 Å². The summed E-state index contributed by atoms with van der Waals surface area (Å²) in [5, 5.41) is 7.57. The Morgan fingerprint density at radius 2 is 2.09 bits per heavy atom. The van der Waals surface area contributed by atoms with Crippen molar-refractivity contribution in [2.75, 3.05) is 38.3 Å². The summed E-state index contributed by atoms with van der Waals surface area (Å²) in [6.07, 6.45) is 3.05. The van der Waals surface area contributed by atoms with Crippen LogP contribution in [0.4, 0.5) is 14.5 Å². The number of anilines is 1. The second kappa shape index (κ2) is 7.58. The molecule has 8 nitrogen and oxygen atoms in total. The van der Waals surface area contributed by atoms with E-state index in [4.69, 9.17) is 4.74 Å². The summed E-state index contributed by atoms with van der Waals surface area (Å²) in [5.41, 5.74) is 3.31. The number of carbonyl (C=O) groups excluding carboxylic acids is 1. The lowest BCUT2D eigenvalue weighted by molar-refractivity contribution is -0.124. The quantitative estimate of drug-likeness (QED) is 0.612. The molecule has 1 amide bonds. The van der Waals surface area contributed by atoms with E-state index in [1.54, 1.807) is 6.92 Å². The average Bonchev–Trinajstić information content (AvgIpc) is 3.13. The number of likely N-dealkylation sites (N-methyl/N-ethyl adjacent to an activating group) is 1. The lowest BCUT2D eigenvalue weighted by Crippen LogP contribution is -2.50. The number of aromatic nitrogens is 4. The van der Waals surface area contributed by atoms with Crippen LogP contribution < -0.4 is 4.90 Å². The van der Waals surface area contributed by atoms with Gasteiger partial charge in [-0.3, -0.25) is 14.8 Å². The highest BCUT2D eigenvalue weighted by molar-refractivity contribution is 5.98. The van der Waals surface area contributed by atoms with Gasteiger partial charge in [0.1, 0.15) is 11.2 Å². The number of fused-ring (bicyclic) bond motifs is 3. The van der Waals surface area contributed by atoms with Crippen LogP contribution in [-0.4, -0.2) is 70.4 Å². The van der Waals surface area contributed by atoms with E-state index in [1.807, 2.05) is 4.90 Å². The topological polar surface area (TPSA) is 90.1 Å². The first kappa shape index (κ1) is 21.7. The molecule has 2 N–H and O–H groups in total. The van der Waals surface area contributed by atoms with Gasteiger partial charge in [0.15, 0.2) is 17.5 Å². The largest absolute Gasteiger partial charge is 0.379 e. The number of hydrogen-bond acceptors (Lipinski definition) is 5. The van der Waals surface area contributed by atoms with E-state index < -0.39 is 17.7 Å². The monoisotopic (exact) mass is 470 g/mol. The molecule has 1 unspecified atom stereocenters. The molecule has 34 heavy (non-hydrogen) atoms. The van der Waals surface area contributed by atoms with Crippen molar-refractivity contribution in [2.24, 2.45) is 11.3 Å². The number of benzene rings is 1. The van der Waals surface area contributed by atoms with Crippen LogP contribution in [0.5, 0.6) is 0 Å². The number of aromatic amines is 2. The van der Waals surface area contributed by atoms with Crippen LogP contribution in [0.3, 0.4) is 0 Å². The average molecular weight is 471 g/mol. The Morgan fingerprint density at radius 1 is 1.32 bits per heavy atom. The van der Waals surface area contributed by atoms with Crippen LogP contribution >= 0.6 is 0 Å². The fraction of sp³-hybridized carbons (Fsp3) is 0.542. The van der Waals surface area contributed by atoms with Crippen molar-refractivity contribution >= 4 is 22.6 Å². The number of rotatable bonds is 4. The molecule has 3 heterocycles. The molecule has 0 bridgehead atoms. The number of nitrogens with one attached hydrogen (secondary N) is 2. The Balaban J connectivity index is 1.33. The summed E-state index contributed by atoms with van der Waals surface area (Å²) in [6.45, 7) is 6.39. The van der Waals surface area contributed by atoms with E-state index in [9.17, 15) is 4.79 Å². The third-order valence-electron chi connectivity index (χ3n) is 8.03. The first-order valence-electron chi connectivity index (χ1n) is 11.8. The Morgan fingerprint density at radius 3 is 2.85 bits per heavy atom. The number of ether oxygens (including phenoxy) is 1. The van der Waals surface area contributed by atoms with E-state index in [2.05, 4.69) is 27.1 Å². The maximum absolute atomic E-state index is 15.1. The minimum Gasteiger partial charge on any atom is -0.379 e. The van der Waals surface area contributed by atoms with E-state index in [0.717, 1.165) is 24.1 Å². The number of H-pyrrole nitrogens is 2. The number of halogens is 2. The van der Waals surface area contributed by atoms with Gasteiger partial charge in [-0.15, -0.1) is 0 Å². The first-order chi connectivity index (χ1) is 16.3. The van der Waals surface area contributed by atoms with Crippen molar-refractivity contribution < 1.29 is 18.3 Å². The molecular formula is C24H28F2N6O2. The van der Waals surface area contributed by atoms with Gasteiger partial charge in [-0.25, -0.2) is 13.8 Å². The van der Waals surface area contributed by atoms with Crippen LogP contribution in [0, 0.1) is 23.0 Å². The summed E-state index contributed by atoms with van der Waals surface area (Å²) in [4.78, 5) is 23.7. The van der Waals surface area contributed by atoms with E-state index in [1.165, 1.54) is 24.4 Å². The Bertz CT molecular complexity index is 1300. The molecule has 1 aliphatic heterocycles. The maximum atomic E-state index is 15.1. The zero-order chi connectivity index (χ0) is 23.8. The molecular weight excluding hydrogens is 442 g/mol. The van der Waals surface area contributed by atoms with Crippen LogP contribution in [0.1, 0.15) is 31.5 Å². The number of nitrogens with zero attached hydrogens (tertiary/aromatic N) is 4. The molecule has 2 fully saturated rings. The van der Waals surface area contributed by atoms with Crippen molar-refractivity contribution in [1.82, 2.24) is 25.1 Å². The number of morpholine rings is 1. The Kier molecular flexibility index (Phi) is 4.83. The fourth-order valence-corrected chi connectivity index (χ4v) is 5.60. The summed E-state index contributed by atoms with van der Waals surface area (Å²) in [6, 6.07) is 0.944. The van der Waals surface area contributed by atoms with Crippen LogP contribution in [-0.2, 0) is 22.4 Å². The smallest absolute Gasteiger partial charge is 0.243 e. The zero-order valence-corrected chi connectivity index (χ0v) is 19.5. The third-order valence-corrected chi connectivity index (χ3v) is 8.03. The highest BCUT2D eigenvalue weighted by Gasteiger charge is 2.53. The highest BCUT2D eigenvalue weighted by atomic mass is 19.2.